The average molecular weight is 491 g/mol. The minimum atomic E-state index is -1.54. The van der Waals surface area contributed by atoms with Gasteiger partial charge in [-0.15, -0.1) is 0 Å². The van der Waals surface area contributed by atoms with Gasteiger partial charge in [0.05, 0.1) is 0 Å². The molecule has 8 heteroatoms. The van der Waals surface area contributed by atoms with Gasteiger partial charge >= 0.3 is 11.9 Å². The van der Waals surface area contributed by atoms with Crippen LogP contribution in [0.4, 0.5) is 0 Å². The molecule has 0 radical (unpaired) electrons. The summed E-state index contributed by atoms with van der Waals surface area (Å²) in [6.45, 7) is 3.63. The molecule has 4 aromatic carbocycles. The Morgan fingerprint density at radius 2 is 1.03 bits per heavy atom. The van der Waals surface area contributed by atoms with E-state index in [4.69, 9.17) is 18.9 Å². The molecule has 0 heterocycles. The molecular formula is C28H26O8. The van der Waals surface area contributed by atoms with Gasteiger partial charge in [-0.1, -0.05) is 60.7 Å². The molecule has 0 spiro atoms. The first-order chi connectivity index (χ1) is 17.4. The van der Waals surface area contributed by atoms with Crippen LogP contribution in [-0.2, 0) is 19.1 Å². The Bertz CT molecular complexity index is 1290. The smallest absolute Gasteiger partial charge is 0.373 e. The molecule has 186 valence electrons. The van der Waals surface area contributed by atoms with Crippen LogP contribution >= 0.6 is 0 Å². The van der Waals surface area contributed by atoms with Gasteiger partial charge in [0.2, 0.25) is 0 Å². The highest BCUT2D eigenvalue weighted by atomic mass is 16.7. The standard InChI is InChI=1S/C28H26O8/c1-3-33-27(25(29)30)35-21-15-13-17-9-5-7-11-19(17)23(21)24-20-12-8-6-10-18(20)14-16-22(24)36-28(26(31)32)34-4-2/h5-16,27-28H,3-4H2,1-2H3,(H,29,30)(H,31,32). The van der Waals surface area contributed by atoms with Crippen LogP contribution in [0.25, 0.3) is 32.7 Å². The van der Waals surface area contributed by atoms with Gasteiger partial charge in [-0.25, -0.2) is 9.59 Å². The molecule has 8 nitrogen and oxygen atoms in total. The summed E-state index contributed by atoms with van der Waals surface area (Å²) in [5, 5.41) is 22.6. The van der Waals surface area contributed by atoms with Gasteiger partial charge in [0.15, 0.2) is 0 Å². The number of hydrogen-bond donors (Lipinski definition) is 2. The molecule has 0 saturated carbocycles. The van der Waals surface area contributed by atoms with E-state index in [1.807, 2.05) is 60.7 Å². The molecule has 0 aliphatic rings. The quantitative estimate of drug-likeness (QED) is 0.272. The second-order valence-electron chi connectivity index (χ2n) is 7.81. The zero-order valence-corrected chi connectivity index (χ0v) is 19.8. The largest absolute Gasteiger partial charge is 0.477 e. The first-order valence-electron chi connectivity index (χ1n) is 11.5. The lowest BCUT2D eigenvalue weighted by Gasteiger charge is -2.23. The Hall–Kier alpha value is -4.14. The van der Waals surface area contributed by atoms with E-state index in [1.54, 1.807) is 26.0 Å². The van der Waals surface area contributed by atoms with Crippen molar-refractivity contribution in [2.45, 2.75) is 26.4 Å². The van der Waals surface area contributed by atoms with Crippen LogP contribution < -0.4 is 9.47 Å². The van der Waals surface area contributed by atoms with Crippen LogP contribution in [0, 0.1) is 0 Å². The van der Waals surface area contributed by atoms with Crippen molar-refractivity contribution < 1.29 is 38.7 Å². The molecule has 0 aliphatic carbocycles. The topological polar surface area (TPSA) is 112 Å². The monoisotopic (exact) mass is 490 g/mol. The minimum Gasteiger partial charge on any atom is -0.477 e. The van der Waals surface area contributed by atoms with Crippen LogP contribution in [0.15, 0.2) is 72.8 Å². The van der Waals surface area contributed by atoms with Gasteiger partial charge in [0, 0.05) is 24.3 Å². The number of ether oxygens (including phenoxy) is 4. The third-order valence-corrected chi connectivity index (χ3v) is 5.54. The van der Waals surface area contributed by atoms with Crippen LogP contribution in [-0.4, -0.2) is 47.9 Å². The SMILES string of the molecule is CCOC(Oc1ccc2ccccc2c1-c1c(OC(OCC)C(=O)O)ccc2ccccc12)C(=O)O. The lowest BCUT2D eigenvalue weighted by molar-refractivity contribution is -0.170. The maximum absolute atomic E-state index is 11.8. The van der Waals surface area contributed by atoms with E-state index in [-0.39, 0.29) is 24.7 Å². The molecule has 4 aromatic rings. The number of carboxylic acids is 2. The molecule has 2 atom stereocenters. The first-order valence-corrected chi connectivity index (χ1v) is 11.5. The highest BCUT2D eigenvalue weighted by Gasteiger charge is 2.27. The number of fused-ring (bicyclic) bond motifs is 2. The van der Waals surface area contributed by atoms with Crippen LogP contribution in [0.2, 0.25) is 0 Å². The molecule has 0 aromatic heterocycles. The zero-order chi connectivity index (χ0) is 25.7. The summed E-state index contributed by atoms with van der Waals surface area (Å²) < 4.78 is 22.4. The number of benzene rings is 4. The summed E-state index contributed by atoms with van der Waals surface area (Å²) >= 11 is 0. The number of carboxylic acid groups (broad SMARTS) is 2. The van der Waals surface area contributed by atoms with E-state index in [0.29, 0.717) is 11.1 Å². The third-order valence-electron chi connectivity index (χ3n) is 5.54. The maximum Gasteiger partial charge on any atom is 0.373 e. The summed E-state index contributed by atoms with van der Waals surface area (Å²) in [7, 11) is 0. The van der Waals surface area contributed by atoms with Gasteiger partial charge in [-0.2, -0.15) is 0 Å². The fourth-order valence-corrected chi connectivity index (χ4v) is 4.06. The first kappa shape index (κ1) is 25.0. The van der Waals surface area contributed by atoms with Crippen molar-refractivity contribution in [1.29, 1.82) is 0 Å². The Labute approximate surface area is 207 Å². The van der Waals surface area contributed by atoms with Gasteiger partial charge in [-0.3, -0.25) is 0 Å². The van der Waals surface area contributed by atoms with E-state index in [0.717, 1.165) is 21.5 Å². The fraction of sp³-hybridized carbons (Fsp3) is 0.214. The van der Waals surface area contributed by atoms with Crippen molar-refractivity contribution in [2.75, 3.05) is 13.2 Å². The van der Waals surface area contributed by atoms with Crippen molar-refractivity contribution in [3.8, 4) is 22.6 Å². The zero-order valence-electron chi connectivity index (χ0n) is 19.8. The summed E-state index contributed by atoms with van der Waals surface area (Å²) in [6, 6.07) is 22.1. The van der Waals surface area contributed by atoms with E-state index in [1.165, 1.54) is 0 Å². The maximum atomic E-state index is 11.8. The Kier molecular flexibility index (Phi) is 7.68. The normalized spacial score (nSPS) is 12.8. The van der Waals surface area contributed by atoms with E-state index in [9.17, 15) is 19.8 Å². The summed E-state index contributed by atoms with van der Waals surface area (Å²) in [5.41, 5.74) is 1.10. The van der Waals surface area contributed by atoms with E-state index in [2.05, 4.69) is 0 Å². The number of carbonyl (C=O) groups is 2. The summed E-state index contributed by atoms with van der Waals surface area (Å²) in [4.78, 5) is 23.6. The van der Waals surface area contributed by atoms with Crippen molar-refractivity contribution in [2.24, 2.45) is 0 Å². The fourth-order valence-electron chi connectivity index (χ4n) is 4.06. The molecule has 36 heavy (non-hydrogen) atoms. The lowest BCUT2D eigenvalue weighted by atomic mass is 9.92. The molecule has 0 bridgehead atoms. The highest BCUT2D eigenvalue weighted by Crippen LogP contribution is 2.46. The summed E-state index contributed by atoms with van der Waals surface area (Å²) in [6.07, 6.45) is -3.08. The van der Waals surface area contributed by atoms with Crippen LogP contribution in [0.5, 0.6) is 11.5 Å². The van der Waals surface area contributed by atoms with Crippen LogP contribution in [0.1, 0.15) is 13.8 Å². The van der Waals surface area contributed by atoms with Gasteiger partial charge < -0.3 is 29.2 Å². The van der Waals surface area contributed by atoms with Gasteiger partial charge in [0.25, 0.3) is 12.6 Å². The second-order valence-corrected chi connectivity index (χ2v) is 7.81. The molecule has 0 saturated heterocycles. The van der Waals surface area contributed by atoms with Gasteiger partial charge in [-0.05, 0) is 47.5 Å². The minimum absolute atomic E-state index is 0.136. The second kappa shape index (κ2) is 11.1. The summed E-state index contributed by atoms with van der Waals surface area (Å²) in [5.74, 6) is -2.04. The molecule has 0 amide bonds. The molecule has 2 N–H and O–H groups in total. The Morgan fingerprint density at radius 1 is 0.639 bits per heavy atom. The van der Waals surface area contributed by atoms with Gasteiger partial charge in [0.1, 0.15) is 11.5 Å². The van der Waals surface area contributed by atoms with Crippen molar-refractivity contribution in [3.05, 3.63) is 72.8 Å². The molecule has 4 rings (SSSR count). The predicted octanol–water partition coefficient (Wildman–Crippen LogP) is 5.31. The number of hydrogen-bond acceptors (Lipinski definition) is 6. The van der Waals surface area contributed by atoms with E-state index >= 15 is 0 Å². The Morgan fingerprint density at radius 3 is 1.39 bits per heavy atom. The molecule has 0 aliphatic heterocycles. The Balaban J connectivity index is 2.02. The molecular weight excluding hydrogens is 464 g/mol. The van der Waals surface area contributed by atoms with Crippen molar-refractivity contribution >= 4 is 33.5 Å². The third kappa shape index (κ3) is 5.10. The average Bonchev–Trinajstić information content (AvgIpc) is 2.88. The van der Waals surface area contributed by atoms with Crippen LogP contribution in [0.3, 0.4) is 0 Å². The lowest BCUT2D eigenvalue weighted by Crippen LogP contribution is -2.30. The van der Waals surface area contributed by atoms with Crippen molar-refractivity contribution in [3.63, 3.8) is 0 Å². The molecule has 2 unspecified atom stereocenters. The predicted molar refractivity (Wildman–Crippen MR) is 134 cm³/mol. The number of aliphatic carboxylic acids is 2. The van der Waals surface area contributed by atoms with Crippen molar-refractivity contribution in [1.82, 2.24) is 0 Å². The molecule has 0 fully saturated rings. The van der Waals surface area contributed by atoms with E-state index < -0.39 is 24.5 Å². The number of rotatable bonds is 11. The highest BCUT2D eigenvalue weighted by molar-refractivity contribution is 6.09.